The van der Waals surface area contributed by atoms with Crippen LogP contribution in [0, 0.1) is 0 Å². The smallest absolute Gasteiger partial charge is 0.252 e. The Morgan fingerprint density at radius 1 is 1.24 bits per heavy atom. The van der Waals surface area contributed by atoms with E-state index in [-0.39, 0.29) is 23.8 Å². The van der Waals surface area contributed by atoms with E-state index in [4.69, 9.17) is 0 Å². The molecule has 1 unspecified atom stereocenters. The number of fused-ring (bicyclic) bond motifs is 1. The summed E-state index contributed by atoms with van der Waals surface area (Å²) in [7, 11) is 0. The lowest BCUT2D eigenvalue weighted by Gasteiger charge is -2.29. The predicted octanol–water partition coefficient (Wildman–Crippen LogP) is 2.54. The van der Waals surface area contributed by atoms with Crippen molar-refractivity contribution in [1.82, 2.24) is 24.9 Å². The summed E-state index contributed by atoms with van der Waals surface area (Å²) in [6.07, 6.45) is 4.42. The fourth-order valence-corrected chi connectivity index (χ4v) is 3.14. The van der Waals surface area contributed by atoms with Crippen LogP contribution in [-0.2, 0) is 16.6 Å². The lowest BCUT2D eigenvalue weighted by Crippen LogP contribution is -2.38. The molecule has 1 amide bonds. The summed E-state index contributed by atoms with van der Waals surface area (Å²) >= 11 is 0. The summed E-state index contributed by atoms with van der Waals surface area (Å²) in [5, 5.41) is 7.31. The zero-order chi connectivity index (χ0) is 17.9. The first-order chi connectivity index (χ1) is 11.9. The van der Waals surface area contributed by atoms with Gasteiger partial charge in [-0.15, -0.1) is 5.10 Å². The minimum Gasteiger partial charge on any atom is -0.353 e. The number of nitrogens with zero attached hydrogens (tertiary/aromatic N) is 4. The molecule has 2 heterocycles. The molecule has 6 heteroatoms. The highest BCUT2D eigenvalue weighted by molar-refractivity contribution is 5.78. The minimum absolute atomic E-state index is 0.0147. The standard InChI is InChI=1S/C19H23N5O/c1-14(13-19(2,3)15-8-5-4-6-9-15)21-17(25)12-16-22-18-20-10-7-11-24(18)23-16/h4-11,14H,12-13H2,1-3H3,(H,21,25). The molecular formula is C19H23N5O. The molecule has 0 spiro atoms. The maximum absolute atomic E-state index is 12.3. The number of carbonyl (C=O) groups is 1. The Morgan fingerprint density at radius 3 is 2.72 bits per heavy atom. The van der Waals surface area contributed by atoms with Crippen LogP contribution in [-0.4, -0.2) is 31.5 Å². The lowest BCUT2D eigenvalue weighted by atomic mass is 9.79. The number of amides is 1. The van der Waals surface area contributed by atoms with Crippen molar-refractivity contribution in [1.29, 1.82) is 0 Å². The van der Waals surface area contributed by atoms with Crippen LogP contribution < -0.4 is 5.32 Å². The molecule has 0 saturated carbocycles. The molecule has 0 aliphatic rings. The average Bonchev–Trinajstić information content (AvgIpc) is 2.96. The summed E-state index contributed by atoms with van der Waals surface area (Å²) in [4.78, 5) is 20.7. The normalized spacial score (nSPS) is 12.9. The summed E-state index contributed by atoms with van der Waals surface area (Å²) in [6.45, 7) is 6.42. The van der Waals surface area contributed by atoms with Crippen molar-refractivity contribution >= 4 is 11.7 Å². The molecule has 1 N–H and O–H groups in total. The van der Waals surface area contributed by atoms with Gasteiger partial charge in [0, 0.05) is 18.4 Å². The van der Waals surface area contributed by atoms with E-state index in [0.29, 0.717) is 11.6 Å². The van der Waals surface area contributed by atoms with Crippen molar-refractivity contribution in [3.8, 4) is 0 Å². The Balaban J connectivity index is 1.58. The molecule has 3 rings (SSSR count). The van der Waals surface area contributed by atoms with E-state index in [0.717, 1.165) is 6.42 Å². The van der Waals surface area contributed by atoms with Gasteiger partial charge < -0.3 is 5.32 Å². The van der Waals surface area contributed by atoms with Gasteiger partial charge in [-0.2, -0.15) is 4.98 Å². The quantitative estimate of drug-likeness (QED) is 0.750. The van der Waals surface area contributed by atoms with Gasteiger partial charge in [0.25, 0.3) is 5.78 Å². The Bertz CT molecular complexity index is 823. The second-order valence-electron chi connectivity index (χ2n) is 6.99. The van der Waals surface area contributed by atoms with Crippen LogP contribution in [0.3, 0.4) is 0 Å². The van der Waals surface area contributed by atoms with Crippen LogP contribution in [0.2, 0.25) is 0 Å². The lowest BCUT2D eigenvalue weighted by molar-refractivity contribution is -0.121. The maximum Gasteiger partial charge on any atom is 0.252 e. The number of benzene rings is 1. The van der Waals surface area contributed by atoms with Crippen LogP contribution in [0.25, 0.3) is 5.78 Å². The topological polar surface area (TPSA) is 72.2 Å². The number of aromatic nitrogens is 4. The first-order valence-electron chi connectivity index (χ1n) is 8.45. The van der Waals surface area contributed by atoms with Crippen LogP contribution >= 0.6 is 0 Å². The van der Waals surface area contributed by atoms with E-state index in [1.54, 1.807) is 23.0 Å². The Kier molecular flexibility index (Phi) is 4.79. The molecule has 1 atom stereocenters. The number of nitrogens with one attached hydrogen (secondary N) is 1. The molecule has 0 fully saturated rings. The SMILES string of the molecule is CC(CC(C)(C)c1ccccc1)NC(=O)Cc1nc2ncccn2n1. The third kappa shape index (κ3) is 4.21. The fourth-order valence-electron chi connectivity index (χ4n) is 3.14. The predicted molar refractivity (Wildman–Crippen MR) is 96.2 cm³/mol. The highest BCUT2D eigenvalue weighted by Gasteiger charge is 2.24. The van der Waals surface area contributed by atoms with Gasteiger partial charge in [0.05, 0.1) is 6.42 Å². The monoisotopic (exact) mass is 337 g/mol. The molecule has 3 aromatic rings. The van der Waals surface area contributed by atoms with Crippen LogP contribution in [0.4, 0.5) is 0 Å². The summed E-state index contributed by atoms with van der Waals surface area (Å²) < 4.78 is 1.57. The van der Waals surface area contributed by atoms with E-state index < -0.39 is 0 Å². The van der Waals surface area contributed by atoms with Crippen molar-refractivity contribution in [2.45, 2.75) is 45.1 Å². The van der Waals surface area contributed by atoms with E-state index in [2.05, 4.69) is 46.4 Å². The van der Waals surface area contributed by atoms with Gasteiger partial charge in [0.15, 0.2) is 5.82 Å². The minimum atomic E-state index is -0.0766. The molecule has 0 saturated heterocycles. The molecule has 0 radical (unpaired) electrons. The number of carbonyl (C=O) groups excluding carboxylic acids is 1. The summed E-state index contributed by atoms with van der Waals surface area (Å²) in [5.74, 6) is 0.904. The zero-order valence-electron chi connectivity index (χ0n) is 14.8. The van der Waals surface area contributed by atoms with Gasteiger partial charge in [0.1, 0.15) is 0 Å². The van der Waals surface area contributed by atoms with Crippen molar-refractivity contribution in [3.05, 3.63) is 60.2 Å². The zero-order valence-corrected chi connectivity index (χ0v) is 14.8. The summed E-state index contributed by atoms with van der Waals surface area (Å²) in [6, 6.07) is 12.2. The Hall–Kier alpha value is -2.76. The first-order valence-corrected chi connectivity index (χ1v) is 8.45. The van der Waals surface area contributed by atoms with Crippen LogP contribution in [0.1, 0.15) is 38.6 Å². The second kappa shape index (κ2) is 7.01. The third-order valence-electron chi connectivity index (χ3n) is 4.26. The molecule has 130 valence electrons. The highest BCUT2D eigenvalue weighted by atomic mass is 16.1. The van der Waals surface area contributed by atoms with E-state index in [1.807, 2.05) is 25.1 Å². The van der Waals surface area contributed by atoms with Crippen LogP contribution in [0.5, 0.6) is 0 Å². The van der Waals surface area contributed by atoms with Crippen molar-refractivity contribution in [3.63, 3.8) is 0 Å². The average molecular weight is 337 g/mol. The van der Waals surface area contributed by atoms with Crippen molar-refractivity contribution < 1.29 is 4.79 Å². The summed E-state index contributed by atoms with van der Waals surface area (Å²) in [5.41, 5.74) is 1.25. The van der Waals surface area contributed by atoms with Gasteiger partial charge in [-0.1, -0.05) is 44.2 Å². The van der Waals surface area contributed by atoms with Gasteiger partial charge in [0.2, 0.25) is 5.91 Å². The Morgan fingerprint density at radius 2 is 2.00 bits per heavy atom. The van der Waals surface area contributed by atoms with Crippen molar-refractivity contribution in [2.75, 3.05) is 0 Å². The molecule has 0 bridgehead atoms. The number of hydrogen-bond donors (Lipinski definition) is 1. The fraction of sp³-hybridized carbons (Fsp3) is 0.368. The van der Waals surface area contributed by atoms with Gasteiger partial charge in [-0.05, 0) is 30.4 Å². The van der Waals surface area contributed by atoms with Gasteiger partial charge in [-0.25, -0.2) is 9.50 Å². The highest BCUT2D eigenvalue weighted by Crippen LogP contribution is 2.28. The van der Waals surface area contributed by atoms with Crippen LogP contribution in [0.15, 0.2) is 48.8 Å². The first kappa shape index (κ1) is 17.1. The van der Waals surface area contributed by atoms with E-state index in [1.165, 1.54) is 5.56 Å². The molecule has 2 aromatic heterocycles. The maximum atomic E-state index is 12.3. The van der Waals surface area contributed by atoms with Crippen molar-refractivity contribution in [2.24, 2.45) is 0 Å². The molecule has 0 aliphatic carbocycles. The van der Waals surface area contributed by atoms with E-state index in [9.17, 15) is 4.79 Å². The molecule has 1 aromatic carbocycles. The second-order valence-corrected chi connectivity index (χ2v) is 6.99. The number of hydrogen-bond acceptors (Lipinski definition) is 4. The molecule has 0 aliphatic heterocycles. The van der Waals surface area contributed by atoms with E-state index >= 15 is 0 Å². The number of rotatable bonds is 6. The van der Waals surface area contributed by atoms with Gasteiger partial charge in [-0.3, -0.25) is 4.79 Å². The Labute approximate surface area is 147 Å². The largest absolute Gasteiger partial charge is 0.353 e. The van der Waals surface area contributed by atoms with Gasteiger partial charge >= 0.3 is 0 Å². The third-order valence-corrected chi connectivity index (χ3v) is 4.26. The molecule has 6 nitrogen and oxygen atoms in total. The molecule has 25 heavy (non-hydrogen) atoms. The molecular weight excluding hydrogens is 314 g/mol.